The Morgan fingerprint density at radius 2 is 1.67 bits per heavy atom. The van der Waals surface area contributed by atoms with Crippen molar-refractivity contribution in [3.63, 3.8) is 0 Å². The topological polar surface area (TPSA) is 46.2 Å². The smallest absolute Gasteiger partial charge is 0.179 e. The van der Waals surface area contributed by atoms with Gasteiger partial charge in [0.25, 0.3) is 0 Å². The lowest BCUT2D eigenvalue weighted by molar-refractivity contribution is -0.116. The van der Waals surface area contributed by atoms with Crippen molar-refractivity contribution in [3.8, 4) is 0 Å². The molecule has 3 rings (SSSR count). The van der Waals surface area contributed by atoms with E-state index in [1.807, 2.05) is 30.3 Å². The van der Waals surface area contributed by atoms with Gasteiger partial charge in [-0.25, -0.2) is 4.39 Å². The van der Waals surface area contributed by atoms with Crippen LogP contribution in [0.5, 0.6) is 0 Å². The second kappa shape index (κ2) is 7.21. The molecule has 0 fully saturated rings. The van der Waals surface area contributed by atoms with E-state index in [0.717, 1.165) is 11.1 Å². The molecule has 0 heterocycles. The number of Topliss-reactive ketones (excluding diaryl/α,β-unsaturated/α-hetero) is 1. The summed E-state index contributed by atoms with van der Waals surface area (Å²) in [6, 6.07) is 15.7. The van der Waals surface area contributed by atoms with Crippen LogP contribution in [-0.2, 0) is 16.1 Å². The summed E-state index contributed by atoms with van der Waals surface area (Å²) < 4.78 is 12.9. The van der Waals surface area contributed by atoms with Crippen molar-refractivity contribution in [2.24, 2.45) is 0 Å². The van der Waals surface area contributed by atoms with Crippen molar-refractivity contribution in [3.05, 3.63) is 83.3 Å². The van der Waals surface area contributed by atoms with E-state index in [2.05, 4.69) is 5.32 Å². The fraction of sp³-hybridized carbons (Fsp3) is 0.200. The first-order valence-electron chi connectivity index (χ1n) is 7.93. The fourth-order valence-electron chi connectivity index (χ4n) is 2.86. The minimum atomic E-state index is -0.301. The van der Waals surface area contributed by atoms with Gasteiger partial charge >= 0.3 is 0 Å². The first-order chi connectivity index (χ1) is 11.6. The van der Waals surface area contributed by atoms with Gasteiger partial charge in [-0.2, -0.15) is 0 Å². The normalized spacial score (nSPS) is 18.0. The highest BCUT2D eigenvalue weighted by Gasteiger charge is 2.25. The quantitative estimate of drug-likeness (QED) is 0.936. The van der Waals surface area contributed by atoms with E-state index >= 15 is 0 Å². The number of rotatable bonds is 4. The number of halogens is 1. The second-order valence-corrected chi connectivity index (χ2v) is 5.94. The molecule has 0 aromatic heterocycles. The molecule has 0 amide bonds. The molecular formula is C20H18FNO2. The zero-order valence-corrected chi connectivity index (χ0v) is 13.2. The molecule has 1 N–H and O–H groups in total. The Morgan fingerprint density at radius 3 is 2.38 bits per heavy atom. The van der Waals surface area contributed by atoms with Gasteiger partial charge in [0.2, 0.25) is 0 Å². The Morgan fingerprint density at radius 1 is 0.958 bits per heavy atom. The number of hydrogen-bond donors (Lipinski definition) is 1. The summed E-state index contributed by atoms with van der Waals surface area (Å²) in [5, 5.41) is 3.02. The maximum atomic E-state index is 12.9. The molecule has 24 heavy (non-hydrogen) atoms. The summed E-state index contributed by atoms with van der Waals surface area (Å²) in [7, 11) is 0. The Balaban J connectivity index is 1.69. The van der Waals surface area contributed by atoms with Gasteiger partial charge in [0.05, 0.1) is 5.70 Å². The predicted octanol–water partition coefficient (Wildman–Crippen LogP) is 3.52. The highest BCUT2D eigenvalue weighted by molar-refractivity contribution is 6.04. The van der Waals surface area contributed by atoms with Gasteiger partial charge in [0.1, 0.15) is 5.82 Å². The average molecular weight is 323 g/mol. The van der Waals surface area contributed by atoms with E-state index in [0.29, 0.717) is 25.1 Å². The van der Waals surface area contributed by atoms with Crippen LogP contribution < -0.4 is 5.32 Å². The summed E-state index contributed by atoms with van der Waals surface area (Å²) in [6.07, 6.45) is 2.03. The number of hydrogen-bond acceptors (Lipinski definition) is 3. The third-order valence-electron chi connectivity index (χ3n) is 4.15. The standard InChI is InChI=1S/C20H18FNO2/c21-17-8-6-14(7-9-17)13-22-19-12-18(23)10-16(11-20(19)24)15-4-2-1-3-5-15/h1-9,12,16,22H,10-11,13H2/t16-/m1/s1. The molecule has 0 saturated carbocycles. The van der Waals surface area contributed by atoms with Gasteiger partial charge in [-0.3, -0.25) is 9.59 Å². The lowest BCUT2D eigenvalue weighted by atomic mass is 9.91. The highest BCUT2D eigenvalue weighted by atomic mass is 19.1. The number of allylic oxidation sites excluding steroid dienone is 2. The molecule has 0 radical (unpaired) electrons. The fourth-order valence-corrected chi connectivity index (χ4v) is 2.86. The van der Waals surface area contributed by atoms with Gasteiger partial charge < -0.3 is 5.32 Å². The number of nitrogens with one attached hydrogen (secondary N) is 1. The van der Waals surface area contributed by atoms with Crippen molar-refractivity contribution in [2.75, 3.05) is 0 Å². The Labute approximate surface area is 140 Å². The minimum absolute atomic E-state index is 0.0590. The van der Waals surface area contributed by atoms with Crippen molar-refractivity contribution in [1.82, 2.24) is 5.32 Å². The Kier molecular flexibility index (Phi) is 4.85. The predicted molar refractivity (Wildman–Crippen MR) is 89.8 cm³/mol. The van der Waals surface area contributed by atoms with Crippen LogP contribution in [0.15, 0.2) is 66.4 Å². The molecule has 0 saturated heterocycles. The van der Waals surface area contributed by atoms with Crippen LogP contribution in [0.2, 0.25) is 0 Å². The molecule has 1 atom stereocenters. The van der Waals surface area contributed by atoms with Gasteiger partial charge in [-0.05, 0) is 29.2 Å². The third-order valence-corrected chi connectivity index (χ3v) is 4.15. The summed E-state index contributed by atoms with van der Waals surface area (Å²) in [4.78, 5) is 24.6. The monoisotopic (exact) mass is 323 g/mol. The Bertz CT molecular complexity index is 766. The summed E-state index contributed by atoms with van der Waals surface area (Å²) >= 11 is 0. The van der Waals surface area contributed by atoms with Crippen molar-refractivity contribution < 1.29 is 14.0 Å². The molecule has 0 unspecified atom stereocenters. The maximum Gasteiger partial charge on any atom is 0.179 e. The summed E-state index contributed by atoms with van der Waals surface area (Å²) in [5.41, 5.74) is 2.19. The van der Waals surface area contributed by atoms with Crippen LogP contribution in [0.1, 0.15) is 29.9 Å². The van der Waals surface area contributed by atoms with Crippen LogP contribution in [-0.4, -0.2) is 11.6 Å². The molecule has 2 aromatic rings. The highest BCUT2D eigenvalue weighted by Crippen LogP contribution is 2.27. The van der Waals surface area contributed by atoms with Crippen molar-refractivity contribution in [2.45, 2.75) is 25.3 Å². The molecule has 2 aromatic carbocycles. The SMILES string of the molecule is O=C1C=C(NCc2ccc(F)cc2)C(=O)C[C@H](c2ccccc2)C1. The number of benzene rings is 2. The first-order valence-corrected chi connectivity index (χ1v) is 7.93. The van der Waals surface area contributed by atoms with Crippen LogP contribution in [0, 0.1) is 5.82 Å². The number of carbonyl (C=O) groups is 2. The lowest BCUT2D eigenvalue weighted by Crippen LogP contribution is -2.20. The largest absolute Gasteiger partial charge is 0.378 e. The molecule has 0 bridgehead atoms. The van der Waals surface area contributed by atoms with Crippen LogP contribution in [0.4, 0.5) is 4.39 Å². The lowest BCUT2D eigenvalue weighted by Gasteiger charge is -2.13. The van der Waals surface area contributed by atoms with E-state index in [1.54, 1.807) is 12.1 Å². The molecule has 1 aliphatic carbocycles. The van der Waals surface area contributed by atoms with E-state index < -0.39 is 0 Å². The number of carbonyl (C=O) groups excluding carboxylic acids is 2. The van der Waals surface area contributed by atoms with E-state index in [4.69, 9.17) is 0 Å². The third kappa shape index (κ3) is 3.96. The summed E-state index contributed by atoms with van der Waals surface area (Å²) in [6.45, 7) is 0.376. The first kappa shape index (κ1) is 16.1. The van der Waals surface area contributed by atoms with Gasteiger partial charge in [-0.1, -0.05) is 42.5 Å². The molecule has 0 aliphatic heterocycles. The minimum Gasteiger partial charge on any atom is -0.378 e. The zero-order valence-electron chi connectivity index (χ0n) is 13.2. The van der Waals surface area contributed by atoms with Crippen LogP contribution >= 0.6 is 0 Å². The molecule has 1 aliphatic rings. The van der Waals surface area contributed by atoms with Crippen LogP contribution in [0.25, 0.3) is 0 Å². The zero-order chi connectivity index (χ0) is 16.9. The van der Waals surface area contributed by atoms with Gasteiger partial charge in [0.15, 0.2) is 11.6 Å². The van der Waals surface area contributed by atoms with E-state index in [9.17, 15) is 14.0 Å². The molecular weight excluding hydrogens is 305 g/mol. The van der Waals surface area contributed by atoms with Crippen molar-refractivity contribution in [1.29, 1.82) is 0 Å². The van der Waals surface area contributed by atoms with Gasteiger partial charge in [0, 0.05) is 25.5 Å². The average Bonchev–Trinajstić information content (AvgIpc) is 2.73. The van der Waals surface area contributed by atoms with Crippen LogP contribution in [0.3, 0.4) is 0 Å². The maximum absolute atomic E-state index is 12.9. The summed E-state index contributed by atoms with van der Waals surface area (Å²) in [5.74, 6) is -0.523. The molecule has 0 spiro atoms. The van der Waals surface area contributed by atoms with E-state index in [-0.39, 0.29) is 23.3 Å². The Hall–Kier alpha value is -2.75. The second-order valence-electron chi connectivity index (χ2n) is 5.94. The molecule has 122 valence electrons. The van der Waals surface area contributed by atoms with E-state index in [1.165, 1.54) is 18.2 Å². The molecule has 3 nitrogen and oxygen atoms in total. The molecule has 4 heteroatoms. The van der Waals surface area contributed by atoms with Gasteiger partial charge in [-0.15, -0.1) is 0 Å². The number of ketones is 2. The van der Waals surface area contributed by atoms with Crippen molar-refractivity contribution >= 4 is 11.6 Å².